The van der Waals surface area contributed by atoms with Gasteiger partial charge in [-0.1, -0.05) is 62.4 Å². The zero-order valence-electron chi connectivity index (χ0n) is 13.3. The fourth-order valence-electron chi connectivity index (χ4n) is 2.43. The van der Waals surface area contributed by atoms with Gasteiger partial charge in [0.2, 0.25) is 5.91 Å². The molecule has 0 aliphatic heterocycles. The molecule has 1 amide bonds. The van der Waals surface area contributed by atoms with Crippen molar-refractivity contribution in [2.45, 2.75) is 32.7 Å². The van der Waals surface area contributed by atoms with E-state index in [1.807, 2.05) is 42.5 Å². The Bertz CT molecular complexity index is 595. The van der Waals surface area contributed by atoms with E-state index >= 15 is 0 Å². The van der Waals surface area contributed by atoms with Crippen molar-refractivity contribution < 1.29 is 4.79 Å². The monoisotopic (exact) mass is 296 g/mol. The van der Waals surface area contributed by atoms with Gasteiger partial charge in [0, 0.05) is 18.7 Å². The van der Waals surface area contributed by atoms with Crippen LogP contribution in [0.2, 0.25) is 0 Å². The van der Waals surface area contributed by atoms with Gasteiger partial charge in [-0.3, -0.25) is 4.79 Å². The molecule has 2 aromatic rings. The van der Waals surface area contributed by atoms with Gasteiger partial charge >= 0.3 is 0 Å². The standard InChI is InChI=1S/C19H24N2O/c1-3-20-14-17-11-7-8-12-18(17)21-19(22)13-15(2)16-9-5-4-6-10-16/h4-12,15,20H,3,13-14H2,1-2H3,(H,21,22). The first kappa shape index (κ1) is 16.2. The lowest BCUT2D eigenvalue weighted by atomic mass is 9.97. The zero-order chi connectivity index (χ0) is 15.8. The minimum Gasteiger partial charge on any atom is -0.326 e. The predicted molar refractivity (Wildman–Crippen MR) is 91.9 cm³/mol. The maximum atomic E-state index is 12.3. The summed E-state index contributed by atoms with van der Waals surface area (Å²) in [5.41, 5.74) is 3.21. The number of carbonyl (C=O) groups is 1. The quantitative estimate of drug-likeness (QED) is 0.813. The summed E-state index contributed by atoms with van der Waals surface area (Å²) >= 11 is 0. The lowest BCUT2D eigenvalue weighted by Crippen LogP contribution is -2.18. The predicted octanol–water partition coefficient (Wildman–Crippen LogP) is 3.93. The van der Waals surface area contributed by atoms with E-state index in [4.69, 9.17) is 0 Å². The summed E-state index contributed by atoms with van der Waals surface area (Å²) in [4.78, 5) is 12.3. The highest BCUT2D eigenvalue weighted by atomic mass is 16.1. The van der Waals surface area contributed by atoms with E-state index in [1.165, 1.54) is 5.56 Å². The van der Waals surface area contributed by atoms with Crippen LogP contribution in [-0.2, 0) is 11.3 Å². The van der Waals surface area contributed by atoms with Gasteiger partial charge in [-0.25, -0.2) is 0 Å². The van der Waals surface area contributed by atoms with Crippen LogP contribution >= 0.6 is 0 Å². The fourth-order valence-corrected chi connectivity index (χ4v) is 2.43. The molecule has 0 heterocycles. The van der Waals surface area contributed by atoms with Crippen molar-refractivity contribution in [2.75, 3.05) is 11.9 Å². The van der Waals surface area contributed by atoms with Crippen LogP contribution in [0.1, 0.15) is 37.3 Å². The molecule has 2 N–H and O–H groups in total. The molecule has 1 atom stereocenters. The van der Waals surface area contributed by atoms with E-state index in [0.29, 0.717) is 6.42 Å². The van der Waals surface area contributed by atoms with Gasteiger partial charge in [-0.15, -0.1) is 0 Å². The summed E-state index contributed by atoms with van der Waals surface area (Å²) in [5.74, 6) is 0.266. The minimum atomic E-state index is 0.0558. The highest BCUT2D eigenvalue weighted by molar-refractivity contribution is 5.92. The highest BCUT2D eigenvalue weighted by Crippen LogP contribution is 2.20. The maximum absolute atomic E-state index is 12.3. The van der Waals surface area contributed by atoms with Crippen molar-refractivity contribution in [1.82, 2.24) is 5.32 Å². The number of amides is 1. The van der Waals surface area contributed by atoms with Gasteiger partial charge in [0.1, 0.15) is 0 Å². The first-order valence-corrected chi connectivity index (χ1v) is 7.84. The van der Waals surface area contributed by atoms with Crippen LogP contribution < -0.4 is 10.6 Å². The van der Waals surface area contributed by atoms with E-state index in [-0.39, 0.29) is 11.8 Å². The van der Waals surface area contributed by atoms with Crippen molar-refractivity contribution in [1.29, 1.82) is 0 Å². The molecule has 0 saturated carbocycles. The Balaban J connectivity index is 1.97. The van der Waals surface area contributed by atoms with Crippen LogP contribution in [0.3, 0.4) is 0 Å². The molecule has 0 aromatic heterocycles. The first-order valence-electron chi connectivity index (χ1n) is 7.84. The van der Waals surface area contributed by atoms with Crippen LogP contribution in [-0.4, -0.2) is 12.5 Å². The Labute approximate surface area is 132 Å². The Morgan fingerprint density at radius 2 is 1.73 bits per heavy atom. The van der Waals surface area contributed by atoms with Crippen LogP contribution in [0.15, 0.2) is 54.6 Å². The molecule has 0 aliphatic carbocycles. The first-order chi connectivity index (χ1) is 10.7. The molecular weight excluding hydrogens is 272 g/mol. The average molecular weight is 296 g/mol. The Morgan fingerprint density at radius 1 is 1.05 bits per heavy atom. The van der Waals surface area contributed by atoms with Gasteiger partial charge in [-0.2, -0.15) is 0 Å². The second-order valence-electron chi connectivity index (χ2n) is 5.50. The topological polar surface area (TPSA) is 41.1 Å². The third kappa shape index (κ3) is 4.71. The number of benzene rings is 2. The number of carbonyl (C=O) groups excluding carboxylic acids is 1. The molecule has 1 unspecified atom stereocenters. The SMILES string of the molecule is CCNCc1ccccc1NC(=O)CC(C)c1ccccc1. The van der Waals surface area contributed by atoms with Gasteiger partial charge in [0.15, 0.2) is 0 Å². The molecular formula is C19H24N2O. The minimum absolute atomic E-state index is 0.0558. The van der Waals surface area contributed by atoms with E-state index in [9.17, 15) is 4.79 Å². The molecule has 3 nitrogen and oxygen atoms in total. The van der Waals surface area contributed by atoms with Crippen LogP contribution in [0.5, 0.6) is 0 Å². The van der Waals surface area contributed by atoms with Crippen molar-refractivity contribution in [3.05, 3.63) is 65.7 Å². The fraction of sp³-hybridized carbons (Fsp3) is 0.316. The molecule has 0 radical (unpaired) electrons. The van der Waals surface area contributed by atoms with Crippen molar-refractivity contribution >= 4 is 11.6 Å². The van der Waals surface area contributed by atoms with E-state index in [1.54, 1.807) is 0 Å². The molecule has 3 heteroatoms. The number of rotatable bonds is 7. The van der Waals surface area contributed by atoms with E-state index in [0.717, 1.165) is 24.3 Å². The van der Waals surface area contributed by atoms with Crippen LogP contribution in [0.4, 0.5) is 5.69 Å². The molecule has 2 aromatic carbocycles. The average Bonchev–Trinajstić information content (AvgIpc) is 2.54. The largest absolute Gasteiger partial charge is 0.326 e. The number of hydrogen-bond donors (Lipinski definition) is 2. The molecule has 116 valence electrons. The molecule has 0 spiro atoms. The van der Waals surface area contributed by atoms with Gasteiger partial charge in [-0.05, 0) is 29.7 Å². The number of para-hydroxylation sites is 1. The molecule has 0 bridgehead atoms. The molecule has 22 heavy (non-hydrogen) atoms. The third-order valence-corrected chi connectivity index (χ3v) is 3.72. The van der Waals surface area contributed by atoms with Crippen molar-refractivity contribution in [3.63, 3.8) is 0 Å². The summed E-state index contributed by atoms with van der Waals surface area (Å²) in [5, 5.41) is 6.33. The lowest BCUT2D eigenvalue weighted by Gasteiger charge is -2.14. The van der Waals surface area contributed by atoms with Crippen LogP contribution in [0, 0.1) is 0 Å². The van der Waals surface area contributed by atoms with Crippen molar-refractivity contribution in [2.24, 2.45) is 0 Å². The maximum Gasteiger partial charge on any atom is 0.224 e. The molecule has 2 rings (SSSR count). The van der Waals surface area contributed by atoms with Gasteiger partial charge < -0.3 is 10.6 Å². The molecule has 0 aliphatic rings. The summed E-state index contributed by atoms with van der Waals surface area (Å²) in [6.45, 7) is 5.83. The smallest absolute Gasteiger partial charge is 0.224 e. The number of nitrogens with one attached hydrogen (secondary N) is 2. The lowest BCUT2D eigenvalue weighted by molar-refractivity contribution is -0.116. The van der Waals surface area contributed by atoms with Gasteiger partial charge in [0.05, 0.1) is 0 Å². The second kappa shape index (κ2) is 8.35. The molecule has 0 saturated heterocycles. The summed E-state index contributed by atoms with van der Waals surface area (Å²) < 4.78 is 0. The normalized spacial score (nSPS) is 11.9. The Hall–Kier alpha value is -2.13. The second-order valence-corrected chi connectivity index (χ2v) is 5.50. The highest BCUT2D eigenvalue weighted by Gasteiger charge is 2.12. The summed E-state index contributed by atoms with van der Waals surface area (Å²) in [6.07, 6.45) is 0.486. The third-order valence-electron chi connectivity index (χ3n) is 3.72. The summed E-state index contributed by atoms with van der Waals surface area (Å²) in [7, 11) is 0. The summed E-state index contributed by atoms with van der Waals surface area (Å²) in [6, 6.07) is 18.1. The zero-order valence-corrected chi connectivity index (χ0v) is 13.3. The Morgan fingerprint density at radius 3 is 2.45 bits per heavy atom. The molecule has 0 fully saturated rings. The van der Waals surface area contributed by atoms with Gasteiger partial charge in [0.25, 0.3) is 0 Å². The van der Waals surface area contributed by atoms with Crippen molar-refractivity contribution in [3.8, 4) is 0 Å². The van der Waals surface area contributed by atoms with E-state index in [2.05, 4.69) is 36.6 Å². The number of anilines is 1. The Kier molecular flexibility index (Phi) is 6.16. The number of hydrogen-bond acceptors (Lipinski definition) is 2. The van der Waals surface area contributed by atoms with Crippen LogP contribution in [0.25, 0.3) is 0 Å². The van der Waals surface area contributed by atoms with E-state index < -0.39 is 0 Å².